The van der Waals surface area contributed by atoms with Crippen molar-refractivity contribution in [2.75, 3.05) is 40.0 Å². The molecule has 2 fully saturated rings. The second kappa shape index (κ2) is 4.81. The van der Waals surface area contributed by atoms with E-state index in [1.807, 2.05) is 0 Å². The lowest BCUT2D eigenvalue weighted by Gasteiger charge is -2.42. The van der Waals surface area contributed by atoms with Gasteiger partial charge in [-0.1, -0.05) is 19.3 Å². The fourth-order valence-corrected chi connectivity index (χ4v) is 2.46. The number of hydrogen-bond acceptors (Lipinski definition) is 3. The third-order valence-electron chi connectivity index (χ3n) is 3.90. The molecule has 0 spiro atoms. The van der Waals surface area contributed by atoms with Crippen LogP contribution in [-0.4, -0.2) is 50.0 Å². The van der Waals surface area contributed by atoms with E-state index < -0.39 is 0 Å². The maximum absolute atomic E-state index is 9.31. The molecule has 1 saturated heterocycles. The first kappa shape index (κ1) is 11.4. The van der Waals surface area contributed by atoms with E-state index in [1.165, 1.54) is 32.2 Å². The molecule has 2 aliphatic rings. The second-order valence-corrected chi connectivity index (χ2v) is 5.47. The lowest BCUT2D eigenvalue weighted by molar-refractivity contribution is -0.146. The normalized spacial score (nSPS) is 25.0. The summed E-state index contributed by atoms with van der Waals surface area (Å²) in [6.45, 7) is 3.89. The quantitative estimate of drug-likeness (QED) is 0.717. The van der Waals surface area contributed by atoms with Crippen LogP contribution in [0.5, 0.6) is 0 Å². The highest BCUT2D eigenvalue weighted by molar-refractivity contribution is 4.87. The molecule has 0 atom stereocenters. The van der Waals surface area contributed by atoms with E-state index in [4.69, 9.17) is 4.74 Å². The van der Waals surface area contributed by atoms with Crippen LogP contribution in [0.1, 0.15) is 25.7 Å². The minimum absolute atomic E-state index is 0.0500. The largest absolute Gasteiger partial charge is 0.396 e. The van der Waals surface area contributed by atoms with Crippen LogP contribution < -0.4 is 0 Å². The zero-order valence-electron chi connectivity index (χ0n) is 9.74. The highest BCUT2D eigenvalue weighted by atomic mass is 16.5. The number of ether oxygens (including phenoxy) is 1. The van der Waals surface area contributed by atoms with E-state index in [0.717, 1.165) is 25.7 Å². The summed E-state index contributed by atoms with van der Waals surface area (Å²) in [5, 5.41) is 9.31. The minimum atomic E-state index is 0.0500. The molecule has 2 rings (SSSR count). The van der Waals surface area contributed by atoms with Crippen LogP contribution in [0.3, 0.4) is 0 Å². The Hall–Kier alpha value is -0.120. The molecule has 1 N–H and O–H groups in total. The first-order valence-electron chi connectivity index (χ1n) is 6.11. The third-order valence-corrected chi connectivity index (χ3v) is 3.90. The molecule has 0 bridgehead atoms. The molecule has 0 unspecified atom stereocenters. The Morgan fingerprint density at radius 3 is 2.53 bits per heavy atom. The van der Waals surface area contributed by atoms with Gasteiger partial charge in [0.25, 0.3) is 0 Å². The van der Waals surface area contributed by atoms with E-state index in [-0.39, 0.29) is 12.0 Å². The second-order valence-electron chi connectivity index (χ2n) is 5.47. The Morgan fingerprint density at radius 2 is 2.13 bits per heavy atom. The van der Waals surface area contributed by atoms with Gasteiger partial charge in [0.2, 0.25) is 0 Å². The van der Waals surface area contributed by atoms with Crippen LogP contribution in [0.2, 0.25) is 0 Å². The van der Waals surface area contributed by atoms with E-state index in [1.54, 1.807) is 0 Å². The maximum Gasteiger partial charge on any atom is 0.0579 e. The van der Waals surface area contributed by atoms with E-state index >= 15 is 0 Å². The SMILES string of the molecule is CN(CCC1CCC1)CC1(CO)COC1. The molecule has 3 nitrogen and oxygen atoms in total. The average Bonchev–Trinajstić information content (AvgIpc) is 2.09. The Balaban J connectivity index is 1.64. The first-order chi connectivity index (χ1) is 7.24. The van der Waals surface area contributed by atoms with Crippen molar-refractivity contribution in [3.63, 3.8) is 0 Å². The van der Waals surface area contributed by atoms with Gasteiger partial charge in [-0.2, -0.15) is 0 Å². The summed E-state index contributed by atoms with van der Waals surface area (Å²) >= 11 is 0. The molecule has 3 heteroatoms. The van der Waals surface area contributed by atoms with Crippen LogP contribution in [0.15, 0.2) is 0 Å². The highest BCUT2D eigenvalue weighted by Gasteiger charge is 2.38. The molecule has 0 aromatic heterocycles. The van der Waals surface area contributed by atoms with E-state index in [2.05, 4.69) is 11.9 Å². The van der Waals surface area contributed by atoms with Crippen LogP contribution in [0.25, 0.3) is 0 Å². The van der Waals surface area contributed by atoms with Gasteiger partial charge in [0.1, 0.15) is 0 Å². The lowest BCUT2D eigenvalue weighted by atomic mass is 9.82. The Morgan fingerprint density at radius 1 is 1.40 bits per heavy atom. The molecule has 0 radical (unpaired) electrons. The molecule has 1 heterocycles. The third kappa shape index (κ3) is 2.71. The summed E-state index contributed by atoms with van der Waals surface area (Å²) < 4.78 is 5.20. The van der Waals surface area contributed by atoms with Gasteiger partial charge in [-0.3, -0.25) is 0 Å². The van der Waals surface area contributed by atoms with Crippen molar-refractivity contribution in [1.82, 2.24) is 4.90 Å². The van der Waals surface area contributed by atoms with Crippen LogP contribution >= 0.6 is 0 Å². The van der Waals surface area contributed by atoms with Gasteiger partial charge in [0.15, 0.2) is 0 Å². The molecule has 1 aliphatic heterocycles. The monoisotopic (exact) mass is 213 g/mol. The molecule has 1 saturated carbocycles. The van der Waals surface area contributed by atoms with Crippen molar-refractivity contribution in [2.24, 2.45) is 11.3 Å². The van der Waals surface area contributed by atoms with Gasteiger partial charge in [-0.25, -0.2) is 0 Å². The van der Waals surface area contributed by atoms with E-state index in [9.17, 15) is 5.11 Å². The predicted octanol–water partition coefficient (Wildman–Crippen LogP) is 1.12. The van der Waals surface area contributed by atoms with Gasteiger partial charge in [0, 0.05) is 6.54 Å². The molecule has 88 valence electrons. The minimum Gasteiger partial charge on any atom is -0.396 e. The van der Waals surface area contributed by atoms with Gasteiger partial charge >= 0.3 is 0 Å². The standard InChI is InChI=1S/C12H23NO2/c1-13(6-5-11-3-2-4-11)7-12(8-14)9-15-10-12/h11,14H,2-10H2,1H3. The Kier molecular flexibility index (Phi) is 3.65. The predicted molar refractivity (Wildman–Crippen MR) is 59.8 cm³/mol. The van der Waals surface area contributed by atoms with Gasteiger partial charge in [-0.15, -0.1) is 0 Å². The zero-order chi connectivity index (χ0) is 10.7. The summed E-state index contributed by atoms with van der Waals surface area (Å²) in [6, 6.07) is 0. The Bertz CT molecular complexity index is 194. The molecular formula is C12H23NO2. The van der Waals surface area contributed by atoms with Crippen molar-refractivity contribution in [3.8, 4) is 0 Å². The molecule has 0 amide bonds. The molecule has 15 heavy (non-hydrogen) atoms. The number of aliphatic hydroxyl groups is 1. The average molecular weight is 213 g/mol. The first-order valence-corrected chi connectivity index (χ1v) is 6.11. The van der Waals surface area contributed by atoms with Gasteiger partial charge in [0.05, 0.1) is 25.2 Å². The fourth-order valence-electron chi connectivity index (χ4n) is 2.46. The van der Waals surface area contributed by atoms with Crippen molar-refractivity contribution >= 4 is 0 Å². The maximum atomic E-state index is 9.31. The molecule has 1 aliphatic carbocycles. The smallest absolute Gasteiger partial charge is 0.0579 e. The van der Waals surface area contributed by atoms with Crippen LogP contribution in [-0.2, 0) is 4.74 Å². The van der Waals surface area contributed by atoms with Gasteiger partial charge in [-0.05, 0) is 25.9 Å². The summed E-state index contributed by atoms with van der Waals surface area (Å²) in [5.41, 5.74) is 0.0500. The summed E-state index contributed by atoms with van der Waals surface area (Å²) in [4.78, 5) is 2.36. The number of rotatable bonds is 6. The summed E-state index contributed by atoms with van der Waals surface area (Å²) in [5.74, 6) is 0.982. The van der Waals surface area contributed by atoms with Gasteiger partial charge < -0.3 is 14.7 Å². The summed E-state index contributed by atoms with van der Waals surface area (Å²) in [7, 11) is 2.16. The van der Waals surface area contributed by atoms with Crippen molar-refractivity contribution in [1.29, 1.82) is 0 Å². The fraction of sp³-hybridized carbons (Fsp3) is 1.00. The van der Waals surface area contributed by atoms with Crippen molar-refractivity contribution in [2.45, 2.75) is 25.7 Å². The molecule has 0 aromatic rings. The zero-order valence-corrected chi connectivity index (χ0v) is 9.74. The highest BCUT2D eigenvalue weighted by Crippen LogP contribution is 2.31. The van der Waals surface area contributed by atoms with Crippen molar-refractivity contribution < 1.29 is 9.84 Å². The van der Waals surface area contributed by atoms with E-state index in [0.29, 0.717) is 0 Å². The number of nitrogens with zero attached hydrogens (tertiary/aromatic N) is 1. The lowest BCUT2D eigenvalue weighted by Crippen LogP contribution is -2.52. The number of aliphatic hydroxyl groups excluding tert-OH is 1. The molecular weight excluding hydrogens is 190 g/mol. The summed E-state index contributed by atoms with van der Waals surface area (Å²) in [6.07, 6.45) is 5.63. The number of hydrogen-bond donors (Lipinski definition) is 1. The van der Waals surface area contributed by atoms with Crippen molar-refractivity contribution in [3.05, 3.63) is 0 Å². The topological polar surface area (TPSA) is 32.7 Å². The Labute approximate surface area is 92.4 Å². The molecule has 0 aromatic carbocycles. The van der Waals surface area contributed by atoms with Crippen LogP contribution in [0, 0.1) is 11.3 Å². The van der Waals surface area contributed by atoms with Crippen LogP contribution in [0.4, 0.5) is 0 Å².